The highest BCUT2D eigenvalue weighted by molar-refractivity contribution is 6.04. The Bertz CT molecular complexity index is 458. The summed E-state index contributed by atoms with van der Waals surface area (Å²) in [6, 6.07) is 5.19. The molecule has 1 N–H and O–H groups in total. The van der Waals surface area contributed by atoms with Gasteiger partial charge >= 0.3 is 0 Å². The van der Waals surface area contributed by atoms with Gasteiger partial charge in [0, 0.05) is 0 Å². The second-order valence-electron chi connectivity index (χ2n) is 3.11. The van der Waals surface area contributed by atoms with Crippen LogP contribution in [0.2, 0.25) is 0 Å². The molecule has 4 heteroatoms. The van der Waals surface area contributed by atoms with Gasteiger partial charge < -0.3 is 5.32 Å². The number of nitriles is 1. The number of hydrogen-bond donors (Lipinski definition) is 1. The van der Waals surface area contributed by atoms with Gasteiger partial charge in [-0.05, 0) is 25.5 Å². The molecule has 4 nitrogen and oxygen atoms in total. The number of ketones is 1. The number of carbonyl (C=O) groups is 2. The Balaban J connectivity index is 3.52. The van der Waals surface area contributed by atoms with E-state index in [4.69, 9.17) is 5.26 Å². The van der Waals surface area contributed by atoms with Crippen LogP contribution in [-0.4, -0.2) is 12.2 Å². The Kier molecular flexibility index (Phi) is 3.19. The predicted octanol–water partition coefficient (Wildman–Crippen LogP) is 1.64. The van der Waals surface area contributed by atoms with Gasteiger partial charge in [-0.15, -0.1) is 0 Å². The smallest absolute Gasteiger partial charge is 0.211 e. The van der Waals surface area contributed by atoms with Gasteiger partial charge in [0.1, 0.15) is 0 Å². The van der Waals surface area contributed by atoms with Crippen molar-refractivity contribution in [2.24, 2.45) is 0 Å². The van der Waals surface area contributed by atoms with E-state index in [0.717, 1.165) is 5.56 Å². The fraction of sp³-hybridized carbons (Fsp3) is 0.182. The SMILES string of the molecule is CC(=O)c1c(C#N)ccc(C)c1NC=O. The zero-order chi connectivity index (χ0) is 11.4. The maximum Gasteiger partial charge on any atom is 0.211 e. The van der Waals surface area contributed by atoms with Crippen molar-refractivity contribution in [3.05, 3.63) is 28.8 Å². The number of Topliss-reactive ketones (excluding diaryl/α,β-unsaturated/α-hetero) is 1. The van der Waals surface area contributed by atoms with Crippen molar-refractivity contribution in [3.63, 3.8) is 0 Å². The third-order valence-corrected chi connectivity index (χ3v) is 2.09. The highest BCUT2D eigenvalue weighted by atomic mass is 16.1. The molecule has 0 unspecified atom stereocenters. The molecule has 0 aromatic heterocycles. The Labute approximate surface area is 87.5 Å². The number of rotatable bonds is 3. The summed E-state index contributed by atoms with van der Waals surface area (Å²) in [4.78, 5) is 21.8. The van der Waals surface area contributed by atoms with Crippen molar-refractivity contribution in [2.75, 3.05) is 5.32 Å². The van der Waals surface area contributed by atoms with E-state index in [1.54, 1.807) is 19.1 Å². The molecule has 1 amide bonds. The van der Waals surface area contributed by atoms with E-state index in [2.05, 4.69) is 5.32 Å². The molecule has 0 saturated carbocycles. The van der Waals surface area contributed by atoms with Gasteiger partial charge in [-0.2, -0.15) is 5.26 Å². The molecule has 1 aromatic rings. The molecule has 0 spiro atoms. The zero-order valence-electron chi connectivity index (χ0n) is 8.50. The summed E-state index contributed by atoms with van der Waals surface area (Å²) in [5.74, 6) is -0.236. The van der Waals surface area contributed by atoms with Gasteiger partial charge in [0.25, 0.3) is 0 Å². The molecule has 0 aliphatic rings. The summed E-state index contributed by atoms with van der Waals surface area (Å²) in [6.45, 7) is 3.13. The van der Waals surface area contributed by atoms with Crippen molar-refractivity contribution >= 4 is 17.9 Å². The van der Waals surface area contributed by atoms with Crippen LogP contribution in [0.15, 0.2) is 12.1 Å². The molecule has 1 rings (SSSR count). The molecule has 0 atom stereocenters. The second kappa shape index (κ2) is 4.38. The number of nitrogens with zero attached hydrogens (tertiary/aromatic N) is 1. The topological polar surface area (TPSA) is 70.0 Å². The molecule has 0 fully saturated rings. The number of aryl methyl sites for hydroxylation is 1. The first-order chi connectivity index (χ1) is 7.11. The van der Waals surface area contributed by atoms with Crippen LogP contribution < -0.4 is 5.32 Å². The number of anilines is 1. The van der Waals surface area contributed by atoms with Gasteiger partial charge in [-0.1, -0.05) is 6.07 Å². The molecule has 0 heterocycles. The summed E-state index contributed by atoms with van der Waals surface area (Å²) in [6.07, 6.45) is 0.496. The van der Waals surface area contributed by atoms with E-state index < -0.39 is 0 Å². The fourth-order valence-electron chi connectivity index (χ4n) is 1.41. The minimum atomic E-state index is -0.236. The van der Waals surface area contributed by atoms with Crippen LogP contribution in [0.5, 0.6) is 0 Å². The summed E-state index contributed by atoms with van der Waals surface area (Å²) < 4.78 is 0. The van der Waals surface area contributed by atoms with Crippen molar-refractivity contribution in [1.29, 1.82) is 5.26 Å². The average Bonchev–Trinajstić information content (AvgIpc) is 2.20. The Morgan fingerprint density at radius 2 is 2.20 bits per heavy atom. The molecule has 0 aliphatic carbocycles. The highest BCUT2D eigenvalue weighted by Crippen LogP contribution is 2.24. The standard InChI is InChI=1S/C11H10N2O2/c1-7-3-4-9(5-12)10(8(2)15)11(7)13-6-14/h3-4,6H,1-2H3,(H,13,14). The van der Waals surface area contributed by atoms with E-state index in [1.165, 1.54) is 6.92 Å². The van der Waals surface area contributed by atoms with Crippen molar-refractivity contribution in [2.45, 2.75) is 13.8 Å². The maximum atomic E-state index is 11.4. The predicted molar refractivity (Wildman–Crippen MR) is 55.6 cm³/mol. The van der Waals surface area contributed by atoms with E-state index in [-0.39, 0.29) is 16.9 Å². The third kappa shape index (κ3) is 2.02. The van der Waals surface area contributed by atoms with Crippen molar-refractivity contribution < 1.29 is 9.59 Å². The maximum absolute atomic E-state index is 11.4. The summed E-state index contributed by atoms with van der Waals surface area (Å²) in [7, 11) is 0. The first kappa shape index (κ1) is 10.9. The lowest BCUT2D eigenvalue weighted by Crippen LogP contribution is -2.07. The number of benzene rings is 1. The third-order valence-electron chi connectivity index (χ3n) is 2.09. The van der Waals surface area contributed by atoms with Crippen LogP contribution in [-0.2, 0) is 4.79 Å². The van der Waals surface area contributed by atoms with Crippen LogP contribution in [0, 0.1) is 18.3 Å². The molecule has 0 bridgehead atoms. The molecule has 0 radical (unpaired) electrons. The van der Waals surface area contributed by atoms with Crippen molar-refractivity contribution in [1.82, 2.24) is 0 Å². The minimum absolute atomic E-state index is 0.236. The van der Waals surface area contributed by atoms with Crippen LogP contribution in [0.4, 0.5) is 5.69 Å². The van der Waals surface area contributed by atoms with Gasteiger partial charge in [0.15, 0.2) is 5.78 Å². The quantitative estimate of drug-likeness (QED) is 0.598. The normalized spacial score (nSPS) is 9.13. The fourth-order valence-corrected chi connectivity index (χ4v) is 1.41. The first-order valence-corrected chi connectivity index (χ1v) is 4.36. The molecule has 0 saturated heterocycles. The summed E-state index contributed by atoms with van der Waals surface area (Å²) >= 11 is 0. The van der Waals surface area contributed by atoms with Crippen LogP contribution >= 0.6 is 0 Å². The molecule has 1 aromatic carbocycles. The first-order valence-electron chi connectivity index (χ1n) is 4.36. The lowest BCUT2D eigenvalue weighted by atomic mass is 9.99. The van der Waals surface area contributed by atoms with E-state index in [1.807, 2.05) is 6.07 Å². The van der Waals surface area contributed by atoms with E-state index in [9.17, 15) is 9.59 Å². The zero-order valence-corrected chi connectivity index (χ0v) is 8.50. The molecule has 76 valence electrons. The number of amides is 1. The minimum Gasteiger partial charge on any atom is -0.328 e. The Hall–Kier alpha value is -2.15. The second-order valence-corrected chi connectivity index (χ2v) is 3.11. The number of nitrogens with one attached hydrogen (secondary N) is 1. The molecular formula is C11H10N2O2. The van der Waals surface area contributed by atoms with Crippen LogP contribution in [0.3, 0.4) is 0 Å². The van der Waals surface area contributed by atoms with E-state index in [0.29, 0.717) is 12.1 Å². The number of carbonyl (C=O) groups excluding carboxylic acids is 2. The summed E-state index contributed by atoms with van der Waals surface area (Å²) in [5.41, 5.74) is 1.71. The van der Waals surface area contributed by atoms with Gasteiger partial charge in [0.2, 0.25) is 6.41 Å². The van der Waals surface area contributed by atoms with Gasteiger partial charge in [0.05, 0.1) is 22.9 Å². The Morgan fingerprint density at radius 1 is 1.53 bits per heavy atom. The molecule has 15 heavy (non-hydrogen) atoms. The monoisotopic (exact) mass is 202 g/mol. The number of hydrogen-bond acceptors (Lipinski definition) is 3. The molecule has 0 aliphatic heterocycles. The average molecular weight is 202 g/mol. The van der Waals surface area contributed by atoms with Gasteiger partial charge in [-0.3, -0.25) is 9.59 Å². The lowest BCUT2D eigenvalue weighted by molar-refractivity contribution is -0.105. The van der Waals surface area contributed by atoms with Crippen molar-refractivity contribution in [3.8, 4) is 6.07 Å². The lowest BCUT2D eigenvalue weighted by Gasteiger charge is -2.10. The molecular weight excluding hydrogens is 192 g/mol. The van der Waals surface area contributed by atoms with Gasteiger partial charge in [-0.25, -0.2) is 0 Å². The van der Waals surface area contributed by atoms with Crippen LogP contribution in [0.1, 0.15) is 28.4 Å². The van der Waals surface area contributed by atoms with Crippen LogP contribution in [0.25, 0.3) is 0 Å². The van der Waals surface area contributed by atoms with E-state index >= 15 is 0 Å². The summed E-state index contributed by atoms with van der Waals surface area (Å²) in [5, 5.41) is 11.3. The highest BCUT2D eigenvalue weighted by Gasteiger charge is 2.14. The largest absolute Gasteiger partial charge is 0.328 e. The Morgan fingerprint density at radius 3 is 2.67 bits per heavy atom.